The first-order valence-electron chi connectivity index (χ1n) is 13.1. The van der Waals surface area contributed by atoms with E-state index >= 15 is 0 Å². The molecule has 7 atom stereocenters. The standard InChI is InChI=1S/C28H38N2O3/c1-20-10-11-24-22(25(31)32-28(24)23(20)12-13-27(2)26(28)33-27)19-30-17-15-29(16-18-30)14-6-9-21-7-4-3-5-8-21/h3-9,20,22-24,26H,10-19H2,1-2H3/b9-6+/t20-,22+,23-,24-,26-,27+,28-/m1/s1. The Morgan fingerprint density at radius 1 is 1.03 bits per heavy atom. The summed E-state index contributed by atoms with van der Waals surface area (Å²) in [6.45, 7) is 10.6. The zero-order valence-electron chi connectivity index (χ0n) is 20.1. The Morgan fingerprint density at radius 3 is 2.58 bits per heavy atom. The predicted molar refractivity (Wildman–Crippen MR) is 129 cm³/mol. The molecule has 0 unspecified atom stereocenters. The van der Waals surface area contributed by atoms with E-state index in [9.17, 15) is 4.79 Å². The van der Waals surface area contributed by atoms with Crippen LogP contribution in [0.25, 0.3) is 6.08 Å². The molecule has 0 N–H and O–H groups in total. The maximum absolute atomic E-state index is 13.3. The van der Waals surface area contributed by atoms with Gasteiger partial charge in [0.1, 0.15) is 11.7 Å². The van der Waals surface area contributed by atoms with E-state index in [4.69, 9.17) is 9.47 Å². The number of benzene rings is 1. The number of ether oxygens (including phenoxy) is 2. The summed E-state index contributed by atoms with van der Waals surface area (Å²) < 4.78 is 12.7. The number of hydrogen-bond acceptors (Lipinski definition) is 5. The van der Waals surface area contributed by atoms with Crippen molar-refractivity contribution < 1.29 is 14.3 Å². The van der Waals surface area contributed by atoms with Crippen molar-refractivity contribution in [1.82, 2.24) is 9.80 Å². The van der Waals surface area contributed by atoms with Crippen LogP contribution >= 0.6 is 0 Å². The highest BCUT2D eigenvalue weighted by molar-refractivity contribution is 5.77. The first kappa shape index (κ1) is 21.8. The van der Waals surface area contributed by atoms with Gasteiger partial charge < -0.3 is 9.47 Å². The molecule has 5 heteroatoms. The number of piperazine rings is 1. The Balaban J connectivity index is 1.08. The van der Waals surface area contributed by atoms with Crippen LogP contribution in [0.2, 0.25) is 0 Å². The van der Waals surface area contributed by atoms with E-state index in [1.807, 2.05) is 0 Å². The topological polar surface area (TPSA) is 45.3 Å². The van der Waals surface area contributed by atoms with Crippen LogP contribution in [0.3, 0.4) is 0 Å². The van der Waals surface area contributed by atoms with Crippen LogP contribution in [-0.4, -0.2) is 72.3 Å². The van der Waals surface area contributed by atoms with E-state index in [0.29, 0.717) is 17.8 Å². The molecule has 3 saturated heterocycles. The Bertz CT molecular complexity index is 911. The number of rotatable bonds is 5. The Kier molecular flexibility index (Phi) is 5.43. The van der Waals surface area contributed by atoms with E-state index in [1.54, 1.807) is 0 Å². The van der Waals surface area contributed by atoms with Crippen LogP contribution in [0.4, 0.5) is 0 Å². The monoisotopic (exact) mass is 450 g/mol. The summed E-state index contributed by atoms with van der Waals surface area (Å²) >= 11 is 0. The van der Waals surface area contributed by atoms with Gasteiger partial charge in [-0.25, -0.2) is 0 Å². The van der Waals surface area contributed by atoms with Crippen LogP contribution in [0, 0.1) is 23.7 Å². The molecule has 0 amide bonds. The zero-order chi connectivity index (χ0) is 22.6. The fourth-order valence-corrected chi connectivity index (χ4v) is 7.60. The number of nitrogens with zero attached hydrogens (tertiary/aromatic N) is 2. The number of hydrogen-bond donors (Lipinski definition) is 0. The Hall–Kier alpha value is -1.69. The lowest BCUT2D eigenvalue weighted by Crippen LogP contribution is -2.58. The number of carbonyl (C=O) groups excluding carboxylic acids is 1. The molecule has 0 bridgehead atoms. The number of esters is 1. The number of epoxide rings is 1. The molecule has 1 aromatic carbocycles. The molecule has 0 radical (unpaired) electrons. The molecule has 5 nitrogen and oxygen atoms in total. The second-order valence-corrected chi connectivity index (χ2v) is 11.4. The van der Waals surface area contributed by atoms with Crippen molar-refractivity contribution in [2.45, 2.75) is 56.8 Å². The van der Waals surface area contributed by atoms with Crippen molar-refractivity contribution in [1.29, 1.82) is 0 Å². The predicted octanol–water partition coefficient (Wildman–Crippen LogP) is 3.84. The van der Waals surface area contributed by atoms with Crippen molar-refractivity contribution in [3.05, 3.63) is 42.0 Å². The molecule has 1 aromatic rings. The highest BCUT2D eigenvalue weighted by Gasteiger charge is 2.77. The van der Waals surface area contributed by atoms with Gasteiger partial charge in [-0.15, -0.1) is 0 Å². The van der Waals surface area contributed by atoms with Gasteiger partial charge in [0.05, 0.1) is 11.5 Å². The van der Waals surface area contributed by atoms with Gasteiger partial charge in [-0.05, 0) is 44.1 Å². The minimum absolute atomic E-state index is 0.0103. The third-order valence-electron chi connectivity index (χ3n) is 9.48. The van der Waals surface area contributed by atoms with Crippen molar-refractivity contribution in [3.8, 4) is 0 Å². The lowest BCUT2D eigenvalue weighted by molar-refractivity contribution is -0.168. The van der Waals surface area contributed by atoms with Crippen molar-refractivity contribution in [2.75, 3.05) is 39.3 Å². The molecular formula is C28H38N2O3. The first-order chi connectivity index (χ1) is 16.0. The molecule has 5 aliphatic rings. The van der Waals surface area contributed by atoms with Gasteiger partial charge in [0.15, 0.2) is 0 Å². The molecule has 33 heavy (non-hydrogen) atoms. The van der Waals surface area contributed by atoms with E-state index in [1.165, 1.54) is 12.0 Å². The largest absolute Gasteiger partial charge is 0.455 e. The van der Waals surface area contributed by atoms with Crippen LogP contribution < -0.4 is 0 Å². The molecule has 2 aliphatic carbocycles. The Morgan fingerprint density at radius 2 is 1.79 bits per heavy atom. The van der Waals surface area contributed by atoms with Gasteiger partial charge in [0, 0.05) is 51.1 Å². The highest BCUT2D eigenvalue weighted by atomic mass is 16.7. The molecule has 0 aromatic heterocycles. The van der Waals surface area contributed by atoms with Gasteiger partial charge >= 0.3 is 5.97 Å². The highest BCUT2D eigenvalue weighted by Crippen LogP contribution is 2.66. The molecular weight excluding hydrogens is 412 g/mol. The molecule has 3 aliphatic heterocycles. The zero-order valence-corrected chi connectivity index (χ0v) is 20.1. The summed E-state index contributed by atoms with van der Waals surface area (Å²) in [5.74, 6) is 1.47. The molecule has 5 fully saturated rings. The maximum Gasteiger partial charge on any atom is 0.311 e. The fraction of sp³-hybridized carbons (Fsp3) is 0.679. The lowest BCUT2D eigenvalue weighted by Gasteiger charge is -2.50. The van der Waals surface area contributed by atoms with E-state index in [2.05, 4.69) is 66.1 Å². The third-order valence-corrected chi connectivity index (χ3v) is 9.48. The number of fused-ring (bicyclic) bond motifs is 1. The van der Waals surface area contributed by atoms with E-state index in [0.717, 1.165) is 58.5 Å². The SMILES string of the molecule is C[C@@H]1CC[C@@H]2[C@H](CN3CCN(C/C=C/c4ccccc4)CC3)C(=O)O[C@]23[C@@H]1CC[C@]1(C)O[C@@H]31. The van der Waals surface area contributed by atoms with Crippen LogP contribution in [0.1, 0.15) is 45.1 Å². The minimum Gasteiger partial charge on any atom is -0.455 e. The third kappa shape index (κ3) is 3.67. The summed E-state index contributed by atoms with van der Waals surface area (Å²) in [5.41, 5.74) is 0.847. The molecule has 178 valence electrons. The lowest BCUT2D eigenvalue weighted by atomic mass is 9.55. The first-order valence-corrected chi connectivity index (χ1v) is 13.1. The molecule has 3 heterocycles. The second-order valence-electron chi connectivity index (χ2n) is 11.4. The fourth-order valence-electron chi connectivity index (χ4n) is 7.60. The van der Waals surface area contributed by atoms with Gasteiger partial charge in [-0.3, -0.25) is 14.6 Å². The molecule has 2 saturated carbocycles. The van der Waals surface area contributed by atoms with Crippen LogP contribution in [0.15, 0.2) is 36.4 Å². The van der Waals surface area contributed by atoms with Gasteiger partial charge in [-0.2, -0.15) is 0 Å². The average molecular weight is 451 g/mol. The quantitative estimate of drug-likeness (QED) is 0.504. The summed E-state index contributed by atoms with van der Waals surface area (Å²) in [6.07, 6.45) is 9.17. The normalized spacial score (nSPS) is 43.1. The summed E-state index contributed by atoms with van der Waals surface area (Å²) in [7, 11) is 0. The maximum atomic E-state index is 13.3. The minimum atomic E-state index is -0.351. The van der Waals surface area contributed by atoms with Crippen molar-refractivity contribution in [2.24, 2.45) is 23.7 Å². The smallest absolute Gasteiger partial charge is 0.311 e. The van der Waals surface area contributed by atoms with Crippen molar-refractivity contribution in [3.63, 3.8) is 0 Å². The molecule has 6 rings (SSSR count). The van der Waals surface area contributed by atoms with Gasteiger partial charge in [0.25, 0.3) is 0 Å². The molecule has 1 spiro atoms. The second kappa shape index (κ2) is 8.21. The summed E-state index contributed by atoms with van der Waals surface area (Å²) in [5, 5.41) is 0. The summed E-state index contributed by atoms with van der Waals surface area (Å²) in [6, 6.07) is 10.5. The number of carbonyl (C=O) groups is 1. The van der Waals surface area contributed by atoms with Crippen molar-refractivity contribution >= 4 is 12.0 Å². The Labute approximate surface area is 198 Å². The van der Waals surface area contributed by atoms with E-state index in [-0.39, 0.29) is 29.2 Å². The average Bonchev–Trinajstić information content (AvgIpc) is 3.45. The summed E-state index contributed by atoms with van der Waals surface area (Å²) in [4.78, 5) is 18.3. The van der Waals surface area contributed by atoms with E-state index < -0.39 is 0 Å². The van der Waals surface area contributed by atoms with Crippen LogP contribution in [-0.2, 0) is 14.3 Å². The van der Waals surface area contributed by atoms with Crippen LogP contribution in [0.5, 0.6) is 0 Å². The van der Waals surface area contributed by atoms with Gasteiger partial charge in [-0.1, -0.05) is 49.4 Å². The van der Waals surface area contributed by atoms with Gasteiger partial charge in [0.2, 0.25) is 0 Å².